The zero-order valence-corrected chi connectivity index (χ0v) is 14.2. The number of nitrogens with one attached hydrogen (secondary N) is 2. The number of thiophene rings is 1. The molecule has 3 rings (SSSR count). The van der Waals surface area contributed by atoms with Gasteiger partial charge in [0.25, 0.3) is 5.56 Å². The van der Waals surface area contributed by atoms with Gasteiger partial charge in [-0.2, -0.15) is 9.78 Å². The SMILES string of the molecule is CCc1cc(=O)[nH]c(-n2nc(C)cc2NC(=O)Cc2cccs2)n1. The van der Waals surface area contributed by atoms with Gasteiger partial charge in [-0.15, -0.1) is 11.3 Å². The summed E-state index contributed by atoms with van der Waals surface area (Å²) in [4.78, 5) is 32.0. The molecule has 1 amide bonds. The Labute approximate surface area is 142 Å². The molecule has 0 fully saturated rings. The van der Waals surface area contributed by atoms with Gasteiger partial charge in [0.1, 0.15) is 5.82 Å². The van der Waals surface area contributed by atoms with E-state index in [1.165, 1.54) is 22.1 Å². The molecule has 3 aromatic heterocycles. The van der Waals surface area contributed by atoms with Crippen LogP contribution in [0.2, 0.25) is 0 Å². The number of hydrogen-bond acceptors (Lipinski definition) is 5. The molecule has 0 saturated heterocycles. The van der Waals surface area contributed by atoms with E-state index in [1.54, 1.807) is 6.07 Å². The summed E-state index contributed by atoms with van der Waals surface area (Å²) in [5.74, 6) is 0.622. The molecule has 0 spiro atoms. The van der Waals surface area contributed by atoms with Gasteiger partial charge in [0.05, 0.1) is 12.1 Å². The maximum absolute atomic E-state index is 12.2. The lowest BCUT2D eigenvalue weighted by Crippen LogP contribution is -2.20. The van der Waals surface area contributed by atoms with Gasteiger partial charge in [0.15, 0.2) is 0 Å². The molecule has 0 radical (unpaired) electrons. The van der Waals surface area contributed by atoms with Gasteiger partial charge in [-0.05, 0) is 24.8 Å². The molecule has 0 aliphatic carbocycles. The summed E-state index contributed by atoms with van der Waals surface area (Å²) in [6.45, 7) is 3.73. The average molecular weight is 343 g/mol. The number of H-pyrrole nitrogens is 1. The summed E-state index contributed by atoms with van der Waals surface area (Å²) in [6.07, 6.45) is 0.929. The van der Waals surface area contributed by atoms with Crippen LogP contribution in [0.1, 0.15) is 23.2 Å². The standard InChI is InChI=1S/C16H17N5O2S/c1-3-11-8-14(22)19-16(17-11)21-13(7-10(2)20-21)18-15(23)9-12-5-4-6-24-12/h4-8H,3,9H2,1-2H3,(H,18,23)(H,17,19,22). The van der Waals surface area contributed by atoms with Crippen molar-refractivity contribution in [3.05, 3.63) is 56.3 Å². The van der Waals surface area contributed by atoms with Gasteiger partial charge in [-0.3, -0.25) is 14.6 Å². The van der Waals surface area contributed by atoms with E-state index in [2.05, 4.69) is 20.4 Å². The maximum atomic E-state index is 12.2. The Balaban J connectivity index is 1.89. The third-order valence-corrected chi connectivity index (χ3v) is 4.24. The molecule has 0 aromatic carbocycles. The van der Waals surface area contributed by atoms with Gasteiger partial charge >= 0.3 is 0 Å². The van der Waals surface area contributed by atoms with Crippen molar-refractivity contribution in [1.29, 1.82) is 0 Å². The number of aromatic nitrogens is 4. The summed E-state index contributed by atoms with van der Waals surface area (Å²) in [5.41, 5.74) is 1.13. The van der Waals surface area contributed by atoms with Gasteiger partial charge in [-0.1, -0.05) is 13.0 Å². The number of anilines is 1. The van der Waals surface area contributed by atoms with Crippen molar-refractivity contribution in [2.75, 3.05) is 5.32 Å². The topological polar surface area (TPSA) is 92.7 Å². The zero-order valence-electron chi connectivity index (χ0n) is 13.4. The number of aromatic amines is 1. The number of aryl methyl sites for hydroxylation is 2. The molecule has 3 aromatic rings. The molecule has 0 unspecified atom stereocenters. The fourth-order valence-corrected chi connectivity index (χ4v) is 2.99. The van der Waals surface area contributed by atoms with E-state index in [1.807, 2.05) is 31.4 Å². The quantitative estimate of drug-likeness (QED) is 0.742. The number of rotatable bonds is 5. The van der Waals surface area contributed by atoms with Crippen molar-refractivity contribution in [3.63, 3.8) is 0 Å². The fraction of sp³-hybridized carbons (Fsp3) is 0.250. The van der Waals surface area contributed by atoms with Crippen LogP contribution in [0, 0.1) is 6.92 Å². The Hall–Kier alpha value is -2.74. The molecular formula is C16H17N5O2S. The van der Waals surface area contributed by atoms with Gasteiger partial charge < -0.3 is 5.32 Å². The largest absolute Gasteiger partial charge is 0.310 e. The summed E-state index contributed by atoms with van der Waals surface area (Å²) in [6, 6.07) is 7.02. The molecule has 0 bridgehead atoms. The average Bonchev–Trinajstić information content (AvgIpc) is 3.16. The van der Waals surface area contributed by atoms with Crippen LogP contribution in [0.3, 0.4) is 0 Å². The minimum absolute atomic E-state index is 0.146. The zero-order chi connectivity index (χ0) is 17.1. The highest BCUT2D eigenvalue weighted by Crippen LogP contribution is 2.16. The van der Waals surface area contributed by atoms with E-state index in [9.17, 15) is 9.59 Å². The molecule has 0 saturated carbocycles. The van der Waals surface area contributed by atoms with Crippen LogP contribution in [0.15, 0.2) is 34.4 Å². The normalized spacial score (nSPS) is 10.8. The fourth-order valence-electron chi connectivity index (χ4n) is 2.28. The third kappa shape index (κ3) is 3.60. The Kier molecular flexibility index (Phi) is 4.57. The first-order valence-electron chi connectivity index (χ1n) is 7.54. The monoisotopic (exact) mass is 343 g/mol. The van der Waals surface area contributed by atoms with Crippen molar-refractivity contribution in [2.45, 2.75) is 26.7 Å². The van der Waals surface area contributed by atoms with E-state index in [0.29, 0.717) is 36.0 Å². The molecule has 0 atom stereocenters. The number of carbonyl (C=O) groups is 1. The Morgan fingerprint density at radius 3 is 2.96 bits per heavy atom. The van der Waals surface area contributed by atoms with E-state index >= 15 is 0 Å². The number of carbonyl (C=O) groups excluding carboxylic acids is 1. The van der Waals surface area contributed by atoms with Gasteiger partial charge in [0, 0.05) is 22.7 Å². The second kappa shape index (κ2) is 6.79. The van der Waals surface area contributed by atoms with Gasteiger partial charge in [0.2, 0.25) is 11.9 Å². The van der Waals surface area contributed by atoms with Crippen molar-refractivity contribution in [2.24, 2.45) is 0 Å². The second-order valence-corrected chi connectivity index (χ2v) is 6.33. The first-order chi connectivity index (χ1) is 11.5. The minimum atomic E-state index is -0.249. The van der Waals surface area contributed by atoms with Crippen LogP contribution in [0.4, 0.5) is 5.82 Å². The predicted octanol–water partition coefficient (Wildman–Crippen LogP) is 2.07. The summed E-state index contributed by atoms with van der Waals surface area (Å²) < 4.78 is 1.45. The van der Waals surface area contributed by atoms with Crippen LogP contribution >= 0.6 is 11.3 Å². The highest BCUT2D eigenvalue weighted by molar-refractivity contribution is 7.10. The van der Waals surface area contributed by atoms with Gasteiger partial charge in [-0.25, -0.2) is 4.98 Å². The summed E-state index contributed by atoms with van der Waals surface area (Å²) in [7, 11) is 0. The lowest BCUT2D eigenvalue weighted by atomic mass is 10.3. The molecule has 0 aliphatic heterocycles. The Bertz CT molecular complexity index is 911. The van der Waals surface area contributed by atoms with Crippen molar-refractivity contribution in [1.82, 2.24) is 19.7 Å². The Morgan fingerprint density at radius 1 is 1.42 bits per heavy atom. The highest BCUT2D eigenvalue weighted by Gasteiger charge is 2.14. The predicted molar refractivity (Wildman–Crippen MR) is 92.7 cm³/mol. The second-order valence-electron chi connectivity index (χ2n) is 5.30. The Morgan fingerprint density at radius 2 is 2.25 bits per heavy atom. The summed E-state index contributed by atoms with van der Waals surface area (Å²) >= 11 is 1.53. The summed E-state index contributed by atoms with van der Waals surface area (Å²) in [5, 5.41) is 9.08. The van der Waals surface area contributed by atoms with Crippen molar-refractivity contribution in [3.8, 4) is 5.95 Å². The van der Waals surface area contributed by atoms with Crippen LogP contribution < -0.4 is 10.9 Å². The van der Waals surface area contributed by atoms with Crippen molar-refractivity contribution < 1.29 is 4.79 Å². The molecule has 124 valence electrons. The minimum Gasteiger partial charge on any atom is -0.310 e. The van der Waals surface area contributed by atoms with Crippen LogP contribution in [-0.4, -0.2) is 25.7 Å². The van der Waals surface area contributed by atoms with E-state index in [0.717, 1.165) is 4.88 Å². The number of amides is 1. The lowest BCUT2D eigenvalue weighted by molar-refractivity contribution is -0.115. The van der Waals surface area contributed by atoms with E-state index in [-0.39, 0.29) is 11.5 Å². The highest BCUT2D eigenvalue weighted by atomic mass is 32.1. The van der Waals surface area contributed by atoms with Crippen LogP contribution in [-0.2, 0) is 17.6 Å². The lowest BCUT2D eigenvalue weighted by Gasteiger charge is -2.08. The molecule has 8 heteroatoms. The number of nitrogens with zero attached hydrogens (tertiary/aromatic N) is 3. The van der Waals surface area contributed by atoms with E-state index < -0.39 is 0 Å². The van der Waals surface area contributed by atoms with E-state index in [4.69, 9.17) is 0 Å². The molecule has 7 nitrogen and oxygen atoms in total. The molecule has 2 N–H and O–H groups in total. The molecule has 24 heavy (non-hydrogen) atoms. The van der Waals surface area contributed by atoms with Crippen LogP contribution in [0.5, 0.6) is 0 Å². The van der Waals surface area contributed by atoms with Crippen LogP contribution in [0.25, 0.3) is 5.95 Å². The first-order valence-corrected chi connectivity index (χ1v) is 8.42. The molecule has 0 aliphatic rings. The smallest absolute Gasteiger partial charge is 0.252 e. The maximum Gasteiger partial charge on any atom is 0.252 e. The first kappa shape index (κ1) is 16.1. The molecule has 3 heterocycles. The number of hydrogen-bond donors (Lipinski definition) is 2. The van der Waals surface area contributed by atoms with Crippen molar-refractivity contribution >= 4 is 23.1 Å². The third-order valence-electron chi connectivity index (χ3n) is 3.36. The molecular weight excluding hydrogens is 326 g/mol.